The third-order valence-electron chi connectivity index (χ3n) is 4.69. The van der Waals surface area contributed by atoms with Crippen LogP contribution in [0.4, 0.5) is 5.13 Å². The second-order valence-electron chi connectivity index (χ2n) is 6.54. The molecular weight excluding hydrogens is 484 g/mol. The number of rotatable bonds is 6. The number of amides is 2. The lowest BCUT2D eigenvalue weighted by Gasteiger charge is -2.50. The molecule has 2 aromatic rings. The predicted molar refractivity (Wildman–Crippen MR) is 112 cm³/mol. The average molecular weight is 497 g/mol. The van der Waals surface area contributed by atoms with Crippen molar-refractivity contribution in [3.63, 3.8) is 0 Å². The van der Waals surface area contributed by atoms with Crippen LogP contribution in [0.25, 0.3) is 0 Å². The number of nitrogens with zero attached hydrogens (tertiary/aromatic N) is 6. The summed E-state index contributed by atoms with van der Waals surface area (Å²) in [6.07, 6.45) is 0.729. The molecule has 1 saturated heterocycles. The van der Waals surface area contributed by atoms with Crippen LogP contribution in [0.3, 0.4) is 0 Å². The number of carboxylic acids is 1. The minimum Gasteiger partial charge on any atom is -0.477 e. The van der Waals surface area contributed by atoms with E-state index in [0.717, 1.165) is 28.2 Å². The van der Waals surface area contributed by atoms with E-state index in [4.69, 9.17) is 17.3 Å². The third kappa shape index (κ3) is 3.96. The van der Waals surface area contributed by atoms with Crippen LogP contribution in [0, 0.1) is 0 Å². The number of nitrogens with two attached hydrogens (primary N) is 1. The lowest BCUT2D eigenvalue weighted by atomic mass is 9.86. The van der Waals surface area contributed by atoms with Crippen LogP contribution < -0.4 is 11.1 Å². The number of nitrogen functional groups attached to an aromatic ring is 1. The number of carbonyl (C=O) groups is 3. The van der Waals surface area contributed by atoms with E-state index in [1.54, 1.807) is 6.07 Å². The summed E-state index contributed by atoms with van der Waals surface area (Å²) in [6, 6.07) is 1.54. The van der Waals surface area contributed by atoms with Gasteiger partial charge in [0, 0.05) is 16.4 Å². The molecule has 0 saturated carbocycles. The van der Waals surface area contributed by atoms with Gasteiger partial charge in [0.05, 0.1) is 6.04 Å². The highest BCUT2D eigenvalue weighted by molar-refractivity contribution is 8.03. The molecular formula is C16H13ClN8O5S2. The van der Waals surface area contributed by atoms with Crippen molar-refractivity contribution in [2.45, 2.75) is 30.0 Å². The fourth-order valence-electron chi connectivity index (χ4n) is 3.34. The lowest BCUT2D eigenvalue weighted by molar-refractivity contribution is -0.155. The van der Waals surface area contributed by atoms with Crippen LogP contribution in [0.15, 0.2) is 32.9 Å². The first-order chi connectivity index (χ1) is 15.3. The van der Waals surface area contributed by atoms with Crippen molar-refractivity contribution in [3.05, 3.63) is 33.7 Å². The molecule has 166 valence electrons. The maximum Gasteiger partial charge on any atom is 0.353 e. The van der Waals surface area contributed by atoms with E-state index in [-0.39, 0.29) is 21.8 Å². The molecule has 5 N–H and O–H groups in total. The molecule has 4 rings (SSSR count). The Morgan fingerprint density at radius 1 is 1.38 bits per heavy atom. The van der Waals surface area contributed by atoms with Crippen molar-refractivity contribution in [1.29, 1.82) is 0 Å². The molecule has 1 fully saturated rings. The Morgan fingerprint density at radius 2 is 2.16 bits per heavy atom. The Kier molecular flexibility index (Phi) is 5.94. The van der Waals surface area contributed by atoms with E-state index in [1.807, 2.05) is 0 Å². The van der Waals surface area contributed by atoms with Gasteiger partial charge in [-0.2, -0.15) is 9.36 Å². The van der Waals surface area contributed by atoms with Crippen LogP contribution in [0.5, 0.6) is 0 Å². The second kappa shape index (κ2) is 8.68. The van der Waals surface area contributed by atoms with Gasteiger partial charge < -0.3 is 21.4 Å². The normalized spacial score (nSPS) is 20.6. The number of nitrogens with one attached hydrogen (secondary N) is 1. The maximum absolute atomic E-state index is 12.7. The standard InChI is InChI=1S/C16H13ClN8O5S2/c17-7-3-4-8(22-21-7)31-6-2-1-5-9(14(27)25(5)11(6)15(28)29)19-13(26)10(23-30)12-20-16(18)32-24-12/h3-5,9,30H,1-2H2,(H,19,26)(H,28,29)(H2,18,20,24)/b23-10-/t5-,9+/m1/s1. The first-order valence-electron chi connectivity index (χ1n) is 8.89. The van der Waals surface area contributed by atoms with Crippen molar-refractivity contribution in [2.24, 2.45) is 5.16 Å². The Labute approximate surface area is 192 Å². The van der Waals surface area contributed by atoms with E-state index in [1.165, 1.54) is 6.07 Å². The van der Waals surface area contributed by atoms with Gasteiger partial charge in [-0.3, -0.25) is 14.5 Å². The highest BCUT2D eigenvalue weighted by Crippen LogP contribution is 2.42. The number of β-lactam (4-membered cyclic amide) rings is 1. The van der Waals surface area contributed by atoms with Crippen LogP contribution >= 0.6 is 34.9 Å². The number of halogens is 1. The summed E-state index contributed by atoms with van der Waals surface area (Å²) < 4.78 is 3.80. The zero-order chi connectivity index (χ0) is 23.0. The van der Waals surface area contributed by atoms with Crippen molar-refractivity contribution in [3.8, 4) is 0 Å². The average Bonchev–Trinajstić information content (AvgIpc) is 3.19. The van der Waals surface area contributed by atoms with E-state index in [0.29, 0.717) is 22.8 Å². The molecule has 0 aromatic carbocycles. The van der Waals surface area contributed by atoms with E-state index >= 15 is 0 Å². The molecule has 0 unspecified atom stereocenters. The lowest BCUT2D eigenvalue weighted by Crippen LogP contribution is -2.72. The highest BCUT2D eigenvalue weighted by Gasteiger charge is 2.54. The number of fused-ring (bicyclic) bond motifs is 1. The fourth-order valence-corrected chi connectivity index (χ4v) is 4.85. The number of oxime groups is 1. The fraction of sp³-hybridized carbons (Fsp3) is 0.250. The summed E-state index contributed by atoms with van der Waals surface area (Å²) in [5.41, 5.74) is 4.79. The topological polar surface area (TPSA) is 197 Å². The number of hydrogen-bond donors (Lipinski definition) is 4. The summed E-state index contributed by atoms with van der Waals surface area (Å²) in [4.78, 5) is 42.5. The Bertz CT molecular complexity index is 1170. The van der Waals surface area contributed by atoms with Crippen molar-refractivity contribution in [2.75, 3.05) is 5.73 Å². The number of aromatic nitrogens is 4. The molecule has 2 aliphatic heterocycles. The van der Waals surface area contributed by atoms with E-state index < -0.39 is 35.6 Å². The third-order valence-corrected chi connectivity index (χ3v) is 6.50. The smallest absolute Gasteiger partial charge is 0.353 e. The van der Waals surface area contributed by atoms with Crippen LogP contribution in [-0.2, 0) is 14.4 Å². The van der Waals surface area contributed by atoms with Crippen LogP contribution in [0.1, 0.15) is 18.7 Å². The summed E-state index contributed by atoms with van der Waals surface area (Å²) in [7, 11) is 0. The minimum atomic E-state index is -1.28. The molecule has 2 amide bonds. The van der Waals surface area contributed by atoms with Gasteiger partial charge in [0.2, 0.25) is 11.5 Å². The molecule has 0 bridgehead atoms. The molecule has 2 aromatic heterocycles. The Morgan fingerprint density at radius 3 is 2.75 bits per heavy atom. The Hall–Kier alpha value is -3.30. The van der Waals surface area contributed by atoms with Crippen LogP contribution in [0.2, 0.25) is 5.15 Å². The van der Waals surface area contributed by atoms with E-state index in [2.05, 4.69) is 30.0 Å². The van der Waals surface area contributed by atoms with Gasteiger partial charge in [-0.1, -0.05) is 28.5 Å². The molecule has 16 heteroatoms. The van der Waals surface area contributed by atoms with Crippen molar-refractivity contribution in [1.82, 2.24) is 29.8 Å². The number of carbonyl (C=O) groups excluding carboxylic acids is 2. The quantitative estimate of drug-likeness (QED) is 0.186. The van der Waals surface area contributed by atoms with E-state index in [9.17, 15) is 24.7 Å². The summed E-state index contributed by atoms with van der Waals surface area (Å²) in [5, 5.41) is 32.6. The second-order valence-corrected chi connectivity index (χ2v) is 8.83. The van der Waals surface area contributed by atoms with Gasteiger partial charge in [0.25, 0.3) is 11.8 Å². The van der Waals surface area contributed by atoms with Gasteiger partial charge in [0.1, 0.15) is 16.8 Å². The van der Waals surface area contributed by atoms with Gasteiger partial charge in [-0.15, -0.1) is 10.2 Å². The summed E-state index contributed by atoms with van der Waals surface area (Å²) >= 11 is 7.61. The maximum atomic E-state index is 12.7. The number of carboxylic acid groups (broad SMARTS) is 1. The first-order valence-corrected chi connectivity index (χ1v) is 10.9. The number of hydrogen-bond acceptors (Lipinski definition) is 12. The number of aliphatic carboxylic acids is 1. The molecule has 2 aliphatic rings. The van der Waals surface area contributed by atoms with Crippen molar-refractivity contribution < 1.29 is 24.7 Å². The largest absolute Gasteiger partial charge is 0.477 e. The molecule has 4 heterocycles. The van der Waals surface area contributed by atoms with Gasteiger partial charge in [-0.25, -0.2) is 4.79 Å². The Balaban J connectivity index is 1.52. The van der Waals surface area contributed by atoms with Gasteiger partial charge in [-0.05, 0) is 25.0 Å². The summed E-state index contributed by atoms with van der Waals surface area (Å²) in [6.45, 7) is 0. The first kappa shape index (κ1) is 21.9. The number of anilines is 1. The SMILES string of the molecule is Nc1nc(/C(=N/O)C(=O)N[C@@H]2C(=O)N3C(C(=O)O)=C(Sc4ccc(Cl)nn4)CC[C@H]23)ns1. The van der Waals surface area contributed by atoms with Crippen molar-refractivity contribution >= 4 is 63.5 Å². The van der Waals surface area contributed by atoms with Gasteiger partial charge >= 0.3 is 5.97 Å². The molecule has 32 heavy (non-hydrogen) atoms. The molecule has 0 radical (unpaired) electrons. The number of thioether (sulfide) groups is 1. The zero-order valence-corrected chi connectivity index (χ0v) is 18.2. The van der Waals surface area contributed by atoms with Gasteiger partial charge in [0.15, 0.2) is 10.3 Å². The molecule has 13 nitrogen and oxygen atoms in total. The monoisotopic (exact) mass is 496 g/mol. The molecule has 0 spiro atoms. The predicted octanol–water partition coefficient (Wildman–Crippen LogP) is 0.320. The number of allylic oxidation sites excluding steroid dienone is 1. The highest BCUT2D eigenvalue weighted by atomic mass is 35.5. The molecule has 2 atom stereocenters. The minimum absolute atomic E-state index is 0.0683. The van der Waals surface area contributed by atoms with Crippen LogP contribution in [-0.4, -0.2) is 70.3 Å². The zero-order valence-electron chi connectivity index (χ0n) is 15.8. The molecule has 0 aliphatic carbocycles. The summed E-state index contributed by atoms with van der Waals surface area (Å²) in [5.74, 6) is -2.96.